The van der Waals surface area contributed by atoms with Crippen LogP contribution >= 0.6 is 0 Å². The average Bonchev–Trinajstić information content (AvgIpc) is 3.02. The number of aromatic hydroxyl groups is 1. The topological polar surface area (TPSA) is 97.4 Å². The van der Waals surface area contributed by atoms with Crippen LogP contribution in [0.3, 0.4) is 0 Å². The zero-order valence-corrected chi connectivity index (χ0v) is 14.7. The lowest BCUT2D eigenvalue weighted by Crippen LogP contribution is -2.41. The largest absolute Gasteiger partial charge is 0.508 e. The Kier molecular flexibility index (Phi) is 5.93. The number of aliphatic hydroxyl groups is 1. The van der Waals surface area contributed by atoms with Crippen LogP contribution in [0.5, 0.6) is 5.75 Å². The van der Waals surface area contributed by atoms with Crippen LogP contribution in [-0.4, -0.2) is 40.4 Å². The summed E-state index contributed by atoms with van der Waals surface area (Å²) in [7, 11) is 0. The van der Waals surface area contributed by atoms with Crippen molar-refractivity contribution in [1.82, 2.24) is 15.6 Å². The number of carbonyl (C=O) groups is 1. The second-order valence-corrected chi connectivity index (χ2v) is 6.42. The average molecular weight is 371 g/mol. The van der Waals surface area contributed by atoms with Crippen LogP contribution in [0, 0.1) is 5.82 Å². The lowest BCUT2D eigenvalue weighted by atomic mass is 10.1. The predicted octanol–water partition coefficient (Wildman–Crippen LogP) is 2.46. The third-order valence-electron chi connectivity index (χ3n) is 4.29. The highest BCUT2D eigenvalue weighted by atomic mass is 19.1. The molecule has 5 N–H and O–H groups in total. The van der Waals surface area contributed by atoms with Crippen molar-refractivity contribution in [2.45, 2.75) is 18.9 Å². The predicted molar refractivity (Wildman–Crippen MR) is 101 cm³/mol. The fourth-order valence-corrected chi connectivity index (χ4v) is 2.97. The molecule has 0 aliphatic rings. The van der Waals surface area contributed by atoms with Gasteiger partial charge in [-0.15, -0.1) is 0 Å². The fraction of sp³-hybridized carbons (Fsp3) is 0.250. The van der Waals surface area contributed by atoms with E-state index in [0.717, 1.165) is 16.5 Å². The molecule has 0 aliphatic heterocycles. The normalized spacial score (nSPS) is 12.1. The maximum absolute atomic E-state index is 13.1. The van der Waals surface area contributed by atoms with Crippen molar-refractivity contribution in [1.29, 1.82) is 0 Å². The summed E-state index contributed by atoms with van der Waals surface area (Å²) in [6.07, 6.45) is 1.92. The Balaban J connectivity index is 1.41. The van der Waals surface area contributed by atoms with Gasteiger partial charge in [-0.1, -0.05) is 12.1 Å². The molecule has 0 aliphatic carbocycles. The first-order valence-electron chi connectivity index (χ1n) is 8.74. The molecule has 0 saturated heterocycles. The summed E-state index contributed by atoms with van der Waals surface area (Å²) in [5.41, 5.74) is 2.59. The van der Waals surface area contributed by atoms with Gasteiger partial charge in [0.25, 0.3) is 0 Å². The molecule has 0 spiro atoms. The highest BCUT2D eigenvalue weighted by Crippen LogP contribution is 2.22. The molecule has 0 bridgehead atoms. The van der Waals surface area contributed by atoms with E-state index in [1.165, 1.54) is 12.1 Å². The van der Waals surface area contributed by atoms with E-state index >= 15 is 0 Å². The first-order valence-corrected chi connectivity index (χ1v) is 8.74. The number of hydrogen-bond donors (Lipinski definition) is 5. The number of aromatic nitrogens is 1. The molecule has 3 aromatic rings. The van der Waals surface area contributed by atoms with Gasteiger partial charge < -0.3 is 25.8 Å². The lowest BCUT2D eigenvalue weighted by molar-refractivity contribution is 0.170. The van der Waals surface area contributed by atoms with E-state index in [-0.39, 0.29) is 30.6 Å². The van der Waals surface area contributed by atoms with Crippen molar-refractivity contribution in [3.63, 3.8) is 0 Å². The van der Waals surface area contributed by atoms with Gasteiger partial charge in [-0.25, -0.2) is 9.18 Å². The van der Waals surface area contributed by atoms with Crippen LogP contribution in [0.15, 0.2) is 48.7 Å². The molecule has 1 atom stereocenters. The monoisotopic (exact) mass is 371 g/mol. The van der Waals surface area contributed by atoms with Gasteiger partial charge in [-0.3, -0.25) is 0 Å². The number of amides is 2. The molecular weight excluding hydrogens is 349 g/mol. The lowest BCUT2D eigenvalue weighted by Gasteiger charge is -2.13. The number of aromatic amines is 1. The third-order valence-corrected chi connectivity index (χ3v) is 4.29. The van der Waals surface area contributed by atoms with E-state index in [2.05, 4.69) is 15.6 Å². The molecule has 0 saturated carbocycles. The second-order valence-electron chi connectivity index (χ2n) is 6.42. The number of phenols is 1. The Bertz CT molecular complexity index is 926. The van der Waals surface area contributed by atoms with E-state index in [0.29, 0.717) is 18.5 Å². The Morgan fingerprint density at radius 1 is 1.19 bits per heavy atom. The SMILES string of the molecule is O=C(NCCc1c[nH]c2ccc(O)cc12)NCC(O)Cc1cccc(F)c1. The minimum Gasteiger partial charge on any atom is -0.508 e. The van der Waals surface area contributed by atoms with Gasteiger partial charge in [0.15, 0.2) is 0 Å². The molecule has 0 radical (unpaired) electrons. The summed E-state index contributed by atoms with van der Waals surface area (Å²) >= 11 is 0. The van der Waals surface area contributed by atoms with Gasteiger partial charge in [0.05, 0.1) is 6.10 Å². The number of hydrogen-bond acceptors (Lipinski definition) is 3. The molecule has 1 heterocycles. The second kappa shape index (κ2) is 8.55. The van der Waals surface area contributed by atoms with Crippen molar-refractivity contribution in [2.75, 3.05) is 13.1 Å². The summed E-state index contributed by atoms with van der Waals surface area (Å²) in [5.74, 6) is -0.155. The minimum absolute atomic E-state index is 0.0727. The van der Waals surface area contributed by atoms with Gasteiger partial charge in [0.1, 0.15) is 11.6 Å². The number of halogens is 1. The number of aliphatic hydroxyl groups excluding tert-OH is 1. The number of urea groups is 1. The first-order chi connectivity index (χ1) is 13.0. The van der Waals surface area contributed by atoms with Crippen LogP contribution in [0.25, 0.3) is 10.9 Å². The zero-order valence-electron chi connectivity index (χ0n) is 14.7. The maximum Gasteiger partial charge on any atom is 0.314 e. The summed E-state index contributed by atoms with van der Waals surface area (Å²) in [5, 5.41) is 25.8. The molecule has 142 valence electrons. The van der Waals surface area contributed by atoms with Crippen molar-refractivity contribution >= 4 is 16.9 Å². The molecule has 2 amide bonds. The number of carbonyl (C=O) groups excluding carboxylic acids is 1. The highest BCUT2D eigenvalue weighted by molar-refractivity contribution is 5.84. The molecule has 7 heteroatoms. The standard InChI is InChI=1S/C20H22FN3O3/c21-15-3-1-2-13(8-15)9-17(26)12-24-20(27)22-7-6-14-11-23-19-5-4-16(25)10-18(14)19/h1-5,8,10-11,17,23,25-26H,6-7,9,12H2,(H2,22,24,27). The van der Waals surface area contributed by atoms with Crippen LogP contribution in [0.1, 0.15) is 11.1 Å². The number of rotatable bonds is 7. The number of H-pyrrole nitrogens is 1. The summed E-state index contributed by atoms with van der Waals surface area (Å²) in [6, 6.07) is 10.7. The molecule has 27 heavy (non-hydrogen) atoms. The summed E-state index contributed by atoms with van der Waals surface area (Å²) in [4.78, 5) is 15.0. The molecular formula is C20H22FN3O3. The fourth-order valence-electron chi connectivity index (χ4n) is 2.97. The van der Waals surface area contributed by atoms with Gasteiger partial charge in [0.2, 0.25) is 0 Å². The van der Waals surface area contributed by atoms with E-state index < -0.39 is 6.10 Å². The number of benzene rings is 2. The van der Waals surface area contributed by atoms with Gasteiger partial charge in [-0.05, 0) is 47.9 Å². The van der Waals surface area contributed by atoms with Crippen molar-refractivity contribution in [3.05, 3.63) is 65.6 Å². The van der Waals surface area contributed by atoms with Crippen molar-refractivity contribution in [3.8, 4) is 5.75 Å². The van der Waals surface area contributed by atoms with Crippen LogP contribution in [0.4, 0.5) is 9.18 Å². The summed E-state index contributed by atoms with van der Waals surface area (Å²) in [6.45, 7) is 0.484. The molecule has 3 rings (SSSR count). The smallest absolute Gasteiger partial charge is 0.314 e. The third kappa shape index (κ3) is 5.21. The van der Waals surface area contributed by atoms with Gasteiger partial charge in [-0.2, -0.15) is 0 Å². The van der Waals surface area contributed by atoms with Crippen LogP contribution < -0.4 is 10.6 Å². The van der Waals surface area contributed by atoms with Crippen molar-refractivity contribution in [2.24, 2.45) is 0 Å². The first kappa shape index (κ1) is 18.7. The Hall–Kier alpha value is -3.06. The maximum atomic E-state index is 13.1. The van der Waals surface area contributed by atoms with E-state index in [9.17, 15) is 19.4 Å². The van der Waals surface area contributed by atoms with Gasteiger partial charge in [0, 0.05) is 36.6 Å². The summed E-state index contributed by atoms with van der Waals surface area (Å²) < 4.78 is 13.1. The van der Waals surface area contributed by atoms with Crippen LogP contribution in [-0.2, 0) is 12.8 Å². The Morgan fingerprint density at radius 3 is 2.85 bits per heavy atom. The molecule has 6 nitrogen and oxygen atoms in total. The quantitative estimate of drug-likeness (QED) is 0.441. The molecule has 0 fully saturated rings. The minimum atomic E-state index is -0.797. The van der Waals surface area contributed by atoms with Crippen molar-refractivity contribution < 1.29 is 19.4 Å². The van der Waals surface area contributed by atoms with Crippen LogP contribution in [0.2, 0.25) is 0 Å². The number of nitrogens with one attached hydrogen (secondary N) is 3. The Labute approximate surface area is 156 Å². The zero-order chi connectivity index (χ0) is 19.2. The number of fused-ring (bicyclic) bond motifs is 1. The van der Waals surface area contributed by atoms with E-state index in [4.69, 9.17) is 0 Å². The Morgan fingerprint density at radius 2 is 2.04 bits per heavy atom. The molecule has 1 aromatic heterocycles. The van der Waals surface area contributed by atoms with E-state index in [1.54, 1.807) is 30.3 Å². The molecule has 1 unspecified atom stereocenters. The van der Waals surface area contributed by atoms with E-state index in [1.807, 2.05) is 6.20 Å². The highest BCUT2D eigenvalue weighted by Gasteiger charge is 2.09. The van der Waals surface area contributed by atoms with Gasteiger partial charge >= 0.3 is 6.03 Å². The number of phenolic OH excluding ortho intramolecular Hbond substituents is 1. The molecule has 2 aromatic carbocycles.